The van der Waals surface area contributed by atoms with Crippen LogP contribution in [0.25, 0.3) is 0 Å². The van der Waals surface area contributed by atoms with E-state index in [1.54, 1.807) is 56.3 Å². The molecule has 1 N–H and O–H groups in total. The van der Waals surface area contributed by atoms with Gasteiger partial charge in [-0.05, 0) is 45.0 Å². The molecule has 9 heteroatoms. The zero-order valence-corrected chi connectivity index (χ0v) is 17.0. The lowest BCUT2D eigenvalue weighted by Gasteiger charge is -2.24. The number of nitrogens with one attached hydrogen (secondary N) is 1. The Balaban J connectivity index is 1.82. The van der Waals surface area contributed by atoms with Gasteiger partial charge >= 0.3 is 12.0 Å². The summed E-state index contributed by atoms with van der Waals surface area (Å²) in [6, 6.07) is 11.1. The molecule has 1 saturated heterocycles. The van der Waals surface area contributed by atoms with Gasteiger partial charge < -0.3 is 14.5 Å². The number of anilines is 1. The van der Waals surface area contributed by atoms with Crippen LogP contribution < -0.4 is 10.2 Å². The molecule has 4 amide bonds. The van der Waals surface area contributed by atoms with E-state index in [0.717, 1.165) is 4.90 Å². The lowest BCUT2D eigenvalue weighted by molar-refractivity contribution is -0.142. The summed E-state index contributed by atoms with van der Waals surface area (Å²) in [5.41, 5.74) is -0.961. The number of furan rings is 1. The first-order chi connectivity index (χ1) is 14.3. The summed E-state index contributed by atoms with van der Waals surface area (Å²) in [5, 5.41) is 2.59. The third-order valence-electron chi connectivity index (χ3n) is 4.76. The molecule has 1 fully saturated rings. The Morgan fingerprint density at radius 2 is 1.87 bits per heavy atom. The summed E-state index contributed by atoms with van der Waals surface area (Å²) in [7, 11) is 0. The highest BCUT2D eigenvalue weighted by atomic mass is 16.5. The second kappa shape index (κ2) is 8.40. The lowest BCUT2D eigenvalue weighted by atomic mass is 9.99. The van der Waals surface area contributed by atoms with E-state index in [1.165, 1.54) is 11.8 Å². The van der Waals surface area contributed by atoms with Gasteiger partial charge in [-0.3, -0.25) is 24.2 Å². The van der Waals surface area contributed by atoms with E-state index >= 15 is 0 Å². The number of imide groups is 1. The molecular formula is C21H23N3O6. The molecule has 0 radical (unpaired) electrons. The van der Waals surface area contributed by atoms with Gasteiger partial charge in [0.2, 0.25) is 5.91 Å². The number of hydrogen-bond donors (Lipinski definition) is 1. The van der Waals surface area contributed by atoms with Crippen molar-refractivity contribution in [3.63, 3.8) is 0 Å². The van der Waals surface area contributed by atoms with Gasteiger partial charge in [-0.2, -0.15) is 0 Å². The minimum absolute atomic E-state index is 0.170. The summed E-state index contributed by atoms with van der Waals surface area (Å²) in [6.45, 7) is 4.20. The average Bonchev–Trinajstić information content (AvgIpc) is 3.25. The van der Waals surface area contributed by atoms with Gasteiger partial charge in [-0.1, -0.05) is 18.2 Å². The van der Waals surface area contributed by atoms with Crippen molar-refractivity contribution in [3.05, 3.63) is 54.0 Å². The van der Waals surface area contributed by atoms with Gasteiger partial charge in [-0.25, -0.2) is 4.79 Å². The van der Waals surface area contributed by atoms with E-state index in [-0.39, 0.29) is 18.9 Å². The van der Waals surface area contributed by atoms with Crippen molar-refractivity contribution in [1.82, 2.24) is 10.2 Å². The molecule has 1 atom stereocenters. The number of ether oxygens (including phenoxy) is 1. The topological polar surface area (TPSA) is 109 Å². The first-order valence-corrected chi connectivity index (χ1v) is 9.48. The molecule has 1 aliphatic rings. The highest BCUT2D eigenvalue weighted by molar-refractivity contribution is 6.10. The molecule has 158 valence electrons. The second-order valence-corrected chi connectivity index (χ2v) is 6.98. The van der Waals surface area contributed by atoms with E-state index < -0.39 is 35.9 Å². The summed E-state index contributed by atoms with van der Waals surface area (Å²) in [4.78, 5) is 52.5. The van der Waals surface area contributed by atoms with E-state index in [2.05, 4.69) is 5.32 Å². The van der Waals surface area contributed by atoms with E-state index in [9.17, 15) is 19.2 Å². The standard InChI is InChI=1S/C21H23N3O6/c1-4-29-18(26)13-23(15-8-6-5-7-9-15)17(25)12-24-19(27)21(3,22-20(24)28)16-11-10-14(2)30-16/h5-11H,4,12-13H2,1-3H3,(H,22,28). The molecule has 30 heavy (non-hydrogen) atoms. The highest BCUT2D eigenvalue weighted by Crippen LogP contribution is 2.30. The monoisotopic (exact) mass is 413 g/mol. The minimum atomic E-state index is -1.41. The Kier molecular flexibility index (Phi) is 5.91. The predicted octanol–water partition coefficient (Wildman–Crippen LogP) is 1.95. The van der Waals surface area contributed by atoms with Crippen LogP contribution in [0, 0.1) is 6.92 Å². The largest absolute Gasteiger partial charge is 0.465 e. The van der Waals surface area contributed by atoms with Gasteiger partial charge in [0, 0.05) is 5.69 Å². The van der Waals surface area contributed by atoms with Crippen LogP contribution in [-0.4, -0.2) is 48.4 Å². The van der Waals surface area contributed by atoms with E-state index in [4.69, 9.17) is 9.15 Å². The number of carbonyl (C=O) groups excluding carboxylic acids is 4. The Morgan fingerprint density at radius 1 is 1.17 bits per heavy atom. The van der Waals surface area contributed by atoms with Crippen LogP contribution >= 0.6 is 0 Å². The van der Waals surface area contributed by atoms with Crippen molar-refractivity contribution in [1.29, 1.82) is 0 Å². The van der Waals surface area contributed by atoms with Gasteiger partial charge in [0.25, 0.3) is 5.91 Å². The Morgan fingerprint density at radius 3 is 2.47 bits per heavy atom. The number of amides is 4. The molecule has 0 saturated carbocycles. The zero-order chi connectivity index (χ0) is 21.9. The van der Waals surface area contributed by atoms with Crippen molar-refractivity contribution >= 4 is 29.5 Å². The Hall–Kier alpha value is -3.62. The number of aryl methyl sites for hydroxylation is 1. The third kappa shape index (κ3) is 4.05. The van der Waals surface area contributed by atoms with Crippen LogP contribution in [0.3, 0.4) is 0 Å². The Labute approximate surface area is 173 Å². The van der Waals surface area contributed by atoms with Crippen molar-refractivity contribution in [3.8, 4) is 0 Å². The fourth-order valence-corrected chi connectivity index (χ4v) is 3.20. The smallest absolute Gasteiger partial charge is 0.326 e. The SMILES string of the molecule is CCOC(=O)CN(C(=O)CN1C(=O)NC(C)(c2ccc(C)o2)C1=O)c1ccccc1. The number of rotatable bonds is 7. The first-order valence-electron chi connectivity index (χ1n) is 9.48. The number of hydrogen-bond acceptors (Lipinski definition) is 6. The Bertz CT molecular complexity index is 970. The number of para-hydroxylation sites is 1. The molecule has 0 spiro atoms. The zero-order valence-electron chi connectivity index (χ0n) is 17.0. The summed E-state index contributed by atoms with van der Waals surface area (Å²) in [5.74, 6) is -0.938. The molecule has 1 aromatic heterocycles. The molecule has 1 aromatic carbocycles. The number of esters is 1. The molecule has 1 aliphatic heterocycles. The van der Waals surface area contributed by atoms with Crippen LogP contribution in [0.1, 0.15) is 25.4 Å². The molecule has 2 heterocycles. The number of benzene rings is 1. The van der Waals surface area contributed by atoms with Crippen LogP contribution in [0.5, 0.6) is 0 Å². The van der Waals surface area contributed by atoms with E-state index in [0.29, 0.717) is 11.4 Å². The maximum Gasteiger partial charge on any atom is 0.326 e. The minimum Gasteiger partial charge on any atom is -0.465 e. The maximum atomic E-state index is 13.0. The van der Waals surface area contributed by atoms with E-state index in [1.807, 2.05) is 0 Å². The quantitative estimate of drug-likeness (QED) is 0.549. The van der Waals surface area contributed by atoms with Gasteiger partial charge in [0.1, 0.15) is 24.6 Å². The molecular weight excluding hydrogens is 390 g/mol. The van der Waals surface area contributed by atoms with Crippen molar-refractivity contribution in [2.24, 2.45) is 0 Å². The molecule has 3 rings (SSSR count). The molecule has 1 unspecified atom stereocenters. The van der Waals surface area contributed by atoms with Crippen LogP contribution in [-0.2, 0) is 24.7 Å². The van der Waals surface area contributed by atoms with Gasteiger partial charge in [0.15, 0.2) is 5.54 Å². The highest BCUT2D eigenvalue weighted by Gasteiger charge is 2.51. The fraction of sp³-hybridized carbons (Fsp3) is 0.333. The second-order valence-electron chi connectivity index (χ2n) is 6.98. The van der Waals surface area contributed by atoms with Crippen molar-refractivity contribution < 1.29 is 28.3 Å². The average molecular weight is 413 g/mol. The predicted molar refractivity (Wildman–Crippen MR) is 106 cm³/mol. The van der Waals surface area contributed by atoms with Crippen LogP contribution in [0.4, 0.5) is 10.5 Å². The summed E-state index contributed by atoms with van der Waals surface area (Å²) >= 11 is 0. The lowest BCUT2D eigenvalue weighted by Crippen LogP contribution is -2.46. The van der Waals surface area contributed by atoms with Crippen LogP contribution in [0.15, 0.2) is 46.9 Å². The summed E-state index contributed by atoms with van der Waals surface area (Å²) in [6.07, 6.45) is 0. The molecule has 2 aromatic rings. The normalized spacial score (nSPS) is 18.3. The van der Waals surface area contributed by atoms with Gasteiger partial charge in [0.05, 0.1) is 6.61 Å². The van der Waals surface area contributed by atoms with Crippen molar-refractivity contribution in [2.75, 3.05) is 24.6 Å². The molecule has 0 aliphatic carbocycles. The fourth-order valence-electron chi connectivity index (χ4n) is 3.20. The number of nitrogens with zero attached hydrogens (tertiary/aromatic N) is 2. The maximum absolute atomic E-state index is 13.0. The van der Waals surface area contributed by atoms with Gasteiger partial charge in [-0.15, -0.1) is 0 Å². The number of urea groups is 1. The van der Waals surface area contributed by atoms with Crippen molar-refractivity contribution in [2.45, 2.75) is 26.3 Å². The van der Waals surface area contributed by atoms with Crippen LogP contribution in [0.2, 0.25) is 0 Å². The number of carbonyl (C=O) groups is 4. The first kappa shape index (κ1) is 21.1. The summed E-state index contributed by atoms with van der Waals surface area (Å²) < 4.78 is 10.5. The molecule has 9 nitrogen and oxygen atoms in total. The molecule has 0 bridgehead atoms. The third-order valence-corrected chi connectivity index (χ3v) is 4.76.